The van der Waals surface area contributed by atoms with E-state index in [4.69, 9.17) is 16.3 Å². The molecule has 1 fully saturated rings. The van der Waals surface area contributed by atoms with Gasteiger partial charge >= 0.3 is 0 Å². The van der Waals surface area contributed by atoms with Crippen LogP contribution in [0.2, 0.25) is 5.02 Å². The van der Waals surface area contributed by atoms with Crippen molar-refractivity contribution in [3.05, 3.63) is 17.4 Å². The van der Waals surface area contributed by atoms with Crippen molar-refractivity contribution in [2.75, 3.05) is 6.26 Å². The van der Waals surface area contributed by atoms with Gasteiger partial charge in [0.15, 0.2) is 5.75 Å². The lowest BCUT2D eigenvalue weighted by atomic mass is 10.4. The van der Waals surface area contributed by atoms with Crippen molar-refractivity contribution in [2.24, 2.45) is 0 Å². The minimum absolute atomic E-state index is 0.380. The van der Waals surface area contributed by atoms with Gasteiger partial charge in [-0.3, -0.25) is 4.98 Å². The zero-order valence-corrected chi connectivity index (χ0v) is 8.86. The molecule has 1 aliphatic carbocycles. The molecule has 0 N–H and O–H groups in total. The fraction of sp³-hybridized carbons (Fsp3) is 0.444. The molecule has 13 heavy (non-hydrogen) atoms. The minimum atomic E-state index is 0.380. The first-order valence-corrected chi connectivity index (χ1v) is 5.75. The molecule has 0 amide bonds. The van der Waals surface area contributed by atoms with E-state index < -0.39 is 0 Å². The molecule has 0 radical (unpaired) electrons. The number of aromatic nitrogens is 1. The van der Waals surface area contributed by atoms with E-state index in [1.165, 1.54) is 0 Å². The second kappa shape index (κ2) is 3.76. The van der Waals surface area contributed by atoms with Gasteiger partial charge in [0.05, 0.1) is 11.0 Å². The van der Waals surface area contributed by atoms with E-state index in [9.17, 15) is 0 Å². The van der Waals surface area contributed by atoms with E-state index >= 15 is 0 Å². The van der Waals surface area contributed by atoms with Crippen LogP contribution in [0.3, 0.4) is 0 Å². The van der Waals surface area contributed by atoms with E-state index in [0.29, 0.717) is 11.1 Å². The highest BCUT2D eigenvalue weighted by atomic mass is 35.5. The van der Waals surface area contributed by atoms with E-state index in [1.54, 1.807) is 24.2 Å². The molecule has 4 heteroatoms. The molecule has 0 aliphatic heterocycles. The Hall–Kier alpha value is -0.410. The Balaban J connectivity index is 2.27. The Bertz CT molecular complexity index is 314. The third-order valence-corrected chi connectivity index (χ3v) is 2.85. The van der Waals surface area contributed by atoms with Crippen LogP contribution in [0.5, 0.6) is 5.75 Å². The van der Waals surface area contributed by atoms with Crippen molar-refractivity contribution in [2.45, 2.75) is 23.8 Å². The number of rotatable bonds is 3. The van der Waals surface area contributed by atoms with Gasteiger partial charge in [0.2, 0.25) is 0 Å². The molecule has 1 aromatic rings. The predicted octanol–water partition coefficient (Wildman–Crippen LogP) is 3.00. The summed E-state index contributed by atoms with van der Waals surface area (Å²) in [6.45, 7) is 0. The Morgan fingerprint density at radius 3 is 2.92 bits per heavy atom. The minimum Gasteiger partial charge on any atom is -0.488 e. The molecular formula is C9H10ClNOS. The van der Waals surface area contributed by atoms with Gasteiger partial charge in [-0.25, -0.2) is 0 Å². The van der Waals surface area contributed by atoms with Crippen LogP contribution in [0.1, 0.15) is 12.8 Å². The molecule has 1 aromatic heterocycles. The smallest absolute Gasteiger partial charge is 0.154 e. The zero-order chi connectivity index (χ0) is 9.26. The van der Waals surface area contributed by atoms with Crippen LogP contribution >= 0.6 is 23.4 Å². The van der Waals surface area contributed by atoms with E-state index in [1.807, 2.05) is 6.26 Å². The van der Waals surface area contributed by atoms with E-state index in [2.05, 4.69) is 4.98 Å². The summed E-state index contributed by atoms with van der Waals surface area (Å²) in [6, 6.07) is 0. The second-order valence-corrected chi connectivity index (χ2v) is 4.23. The van der Waals surface area contributed by atoms with Gasteiger partial charge in [-0.05, 0) is 19.1 Å². The lowest BCUT2D eigenvalue weighted by Crippen LogP contribution is -1.98. The summed E-state index contributed by atoms with van der Waals surface area (Å²) in [5.74, 6) is 0.798. The quantitative estimate of drug-likeness (QED) is 0.724. The predicted molar refractivity (Wildman–Crippen MR) is 54.7 cm³/mol. The summed E-state index contributed by atoms with van der Waals surface area (Å²) in [7, 11) is 0. The Kier molecular flexibility index (Phi) is 2.65. The SMILES string of the molecule is CSc1cncc(Cl)c1OC1CC1. The molecule has 0 aromatic carbocycles. The van der Waals surface area contributed by atoms with Crippen LogP contribution in [-0.4, -0.2) is 17.3 Å². The van der Waals surface area contributed by atoms with Gasteiger partial charge in [-0.2, -0.15) is 0 Å². The maximum absolute atomic E-state index is 5.98. The summed E-state index contributed by atoms with van der Waals surface area (Å²) in [4.78, 5) is 5.02. The molecule has 1 saturated carbocycles. The largest absolute Gasteiger partial charge is 0.488 e. The Morgan fingerprint density at radius 1 is 1.54 bits per heavy atom. The molecule has 2 rings (SSSR count). The highest BCUT2D eigenvalue weighted by Gasteiger charge is 2.25. The van der Waals surface area contributed by atoms with Crippen LogP contribution in [-0.2, 0) is 0 Å². The van der Waals surface area contributed by atoms with Crippen molar-refractivity contribution in [1.82, 2.24) is 4.98 Å². The van der Waals surface area contributed by atoms with Crippen molar-refractivity contribution < 1.29 is 4.74 Å². The van der Waals surface area contributed by atoms with Crippen LogP contribution in [0.25, 0.3) is 0 Å². The monoisotopic (exact) mass is 215 g/mol. The van der Waals surface area contributed by atoms with E-state index in [0.717, 1.165) is 23.5 Å². The first-order valence-electron chi connectivity index (χ1n) is 4.15. The fourth-order valence-corrected chi connectivity index (χ4v) is 1.79. The van der Waals surface area contributed by atoms with Gasteiger partial charge in [-0.1, -0.05) is 11.6 Å². The summed E-state index contributed by atoms with van der Waals surface area (Å²) in [5, 5.41) is 0.610. The lowest BCUT2D eigenvalue weighted by Gasteiger charge is -2.09. The molecule has 70 valence electrons. The average molecular weight is 216 g/mol. The van der Waals surface area contributed by atoms with Crippen LogP contribution < -0.4 is 4.74 Å². The molecular weight excluding hydrogens is 206 g/mol. The fourth-order valence-electron chi connectivity index (χ4n) is 1.02. The number of hydrogen-bond acceptors (Lipinski definition) is 3. The number of pyridine rings is 1. The number of hydrogen-bond donors (Lipinski definition) is 0. The molecule has 0 atom stereocenters. The number of halogens is 1. The third-order valence-electron chi connectivity index (χ3n) is 1.85. The van der Waals surface area contributed by atoms with Crippen LogP contribution in [0, 0.1) is 0 Å². The average Bonchev–Trinajstić information content (AvgIpc) is 2.92. The molecule has 0 unspecified atom stereocenters. The van der Waals surface area contributed by atoms with Crippen molar-refractivity contribution in [3.63, 3.8) is 0 Å². The van der Waals surface area contributed by atoms with Crippen LogP contribution in [0.4, 0.5) is 0 Å². The zero-order valence-electron chi connectivity index (χ0n) is 7.29. The molecule has 1 aliphatic rings. The molecule has 2 nitrogen and oxygen atoms in total. The molecule has 0 spiro atoms. The molecule has 0 bridgehead atoms. The number of ether oxygens (including phenoxy) is 1. The highest BCUT2D eigenvalue weighted by Crippen LogP contribution is 2.37. The van der Waals surface area contributed by atoms with Gasteiger partial charge in [0, 0.05) is 12.4 Å². The van der Waals surface area contributed by atoms with Gasteiger partial charge in [-0.15, -0.1) is 11.8 Å². The first-order chi connectivity index (χ1) is 6.31. The van der Waals surface area contributed by atoms with E-state index in [-0.39, 0.29) is 0 Å². The van der Waals surface area contributed by atoms with Gasteiger partial charge in [0.1, 0.15) is 5.02 Å². The first kappa shape index (κ1) is 9.16. The second-order valence-electron chi connectivity index (χ2n) is 2.97. The topological polar surface area (TPSA) is 22.1 Å². The Labute approximate surface area is 86.6 Å². The summed E-state index contributed by atoms with van der Waals surface area (Å²) < 4.78 is 5.69. The molecule has 1 heterocycles. The van der Waals surface area contributed by atoms with Crippen molar-refractivity contribution in [1.29, 1.82) is 0 Å². The van der Waals surface area contributed by atoms with Gasteiger partial charge < -0.3 is 4.74 Å². The lowest BCUT2D eigenvalue weighted by molar-refractivity contribution is 0.296. The maximum atomic E-state index is 5.98. The number of thioether (sulfide) groups is 1. The van der Waals surface area contributed by atoms with Crippen molar-refractivity contribution in [3.8, 4) is 5.75 Å². The van der Waals surface area contributed by atoms with Crippen molar-refractivity contribution >= 4 is 23.4 Å². The summed E-state index contributed by atoms with van der Waals surface area (Å²) in [5.41, 5.74) is 0. The summed E-state index contributed by atoms with van der Waals surface area (Å²) >= 11 is 7.59. The third kappa shape index (κ3) is 2.09. The van der Waals surface area contributed by atoms with Crippen LogP contribution in [0.15, 0.2) is 17.3 Å². The van der Waals surface area contributed by atoms with Gasteiger partial charge in [0.25, 0.3) is 0 Å². The summed E-state index contributed by atoms with van der Waals surface area (Å²) in [6.07, 6.45) is 8.07. The highest BCUT2D eigenvalue weighted by molar-refractivity contribution is 7.98. The molecule has 0 saturated heterocycles. The standard InChI is InChI=1S/C9H10ClNOS/c1-13-8-5-11-4-7(10)9(8)12-6-2-3-6/h4-6H,2-3H2,1H3. The maximum Gasteiger partial charge on any atom is 0.154 e. The normalized spacial score (nSPS) is 15.8. The Morgan fingerprint density at radius 2 is 2.31 bits per heavy atom. The number of nitrogens with zero attached hydrogens (tertiary/aromatic N) is 1.